The topological polar surface area (TPSA) is 112 Å². The van der Waals surface area contributed by atoms with Crippen LogP contribution >= 0.6 is 0 Å². The number of H-pyrrole nitrogens is 2. The standard InChI is InChI=1S/C12H18N6O/c1-6-9(13)10(18-15-6)11(19)14-8-5-7(16-17-8)12(2,3)4/h5H,13H2,1-4H3,(H,15,18)(H2,14,16,17,19). The third-order valence-corrected chi connectivity index (χ3v) is 2.84. The molecule has 0 aliphatic heterocycles. The number of rotatable bonds is 2. The van der Waals surface area contributed by atoms with Crippen LogP contribution in [-0.2, 0) is 5.41 Å². The van der Waals surface area contributed by atoms with Crippen LogP contribution in [0.1, 0.15) is 42.6 Å². The molecule has 19 heavy (non-hydrogen) atoms. The monoisotopic (exact) mass is 262 g/mol. The number of aromatic nitrogens is 4. The molecule has 0 unspecified atom stereocenters. The normalized spacial score (nSPS) is 11.6. The second-order valence-electron chi connectivity index (χ2n) is 5.48. The Kier molecular flexibility index (Phi) is 3.05. The fourth-order valence-corrected chi connectivity index (χ4v) is 1.56. The van der Waals surface area contributed by atoms with Gasteiger partial charge in [0.2, 0.25) is 0 Å². The number of hydrogen-bond acceptors (Lipinski definition) is 4. The number of nitrogen functional groups attached to an aromatic ring is 1. The van der Waals surface area contributed by atoms with Crippen LogP contribution in [-0.4, -0.2) is 26.3 Å². The molecule has 1 amide bonds. The molecule has 0 spiro atoms. The van der Waals surface area contributed by atoms with Gasteiger partial charge < -0.3 is 11.1 Å². The van der Waals surface area contributed by atoms with Crippen LogP contribution in [0.2, 0.25) is 0 Å². The molecule has 2 heterocycles. The van der Waals surface area contributed by atoms with E-state index in [1.807, 2.05) is 0 Å². The molecule has 0 bridgehead atoms. The summed E-state index contributed by atoms with van der Waals surface area (Å²) in [7, 11) is 0. The van der Waals surface area contributed by atoms with E-state index < -0.39 is 0 Å². The van der Waals surface area contributed by atoms with Gasteiger partial charge in [-0.15, -0.1) is 0 Å². The number of amides is 1. The van der Waals surface area contributed by atoms with Crippen LogP contribution < -0.4 is 11.1 Å². The molecule has 7 nitrogen and oxygen atoms in total. The predicted octanol–water partition coefficient (Wildman–Crippen LogP) is 1.57. The molecular weight excluding hydrogens is 244 g/mol. The average Bonchev–Trinajstić information content (AvgIpc) is 2.87. The number of anilines is 2. The molecule has 0 atom stereocenters. The Bertz CT molecular complexity index is 604. The first-order valence-corrected chi connectivity index (χ1v) is 5.96. The van der Waals surface area contributed by atoms with E-state index in [2.05, 4.69) is 46.5 Å². The van der Waals surface area contributed by atoms with E-state index in [1.54, 1.807) is 13.0 Å². The summed E-state index contributed by atoms with van der Waals surface area (Å²) < 4.78 is 0. The van der Waals surface area contributed by atoms with Gasteiger partial charge >= 0.3 is 0 Å². The van der Waals surface area contributed by atoms with E-state index in [0.29, 0.717) is 17.2 Å². The summed E-state index contributed by atoms with van der Waals surface area (Å²) in [6.07, 6.45) is 0. The molecule has 0 saturated carbocycles. The molecule has 2 aromatic heterocycles. The maximum Gasteiger partial charge on any atom is 0.279 e. The van der Waals surface area contributed by atoms with E-state index in [4.69, 9.17) is 5.73 Å². The number of aromatic amines is 2. The quantitative estimate of drug-likeness (QED) is 0.658. The summed E-state index contributed by atoms with van der Waals surface area (Å²) in [5.41, 5.74) is 7.83. The smallest absolute Gasteiger partial charge is 0.279 e. The lowest BCUT2D eigenvalue weighted by molar-refractivity contribution is 0.102. The van der Waals surface area contributed by atoms with Gasteiger partial charge in [-0.25, -0.2) is 0 Å². The van der Waals surface area contributed by atoms with Gasteiger partial charge in [0.15, 0.2) is 11.5 Å². The average molecular weight is 262 g/mol. The maximum absolute atomic E-state index is 12.0. The highest BCUT2D eigenvalue weighted by Crippen LogP contribution is 2.22. The highest BCUT2D eigenvalue weighted by molar-refractivity contribution is 6.06. The van der Waals surface area contributed by atoms with Crippen molar-refractivity contribution >= 4 is 17.4 Å². The SMILES string of the molecule is Cc1[nH]nc(C(=O)Nc2cc(C(C)(C)C)[nH]n2)c1N. The Hall–Kier alpha value is -2.31. The molecule has 0 radical (unpaired) electrons. The molecule has 0 aliphatic rings. The van der Waals surface area contributed by atoms with Crippen molar-refractivity contribution < 1.29 is 4.79 Å². The zero-order valence-corrected chi connectivity index (χ0v) is 11.5. The lowest BCUT2D eigenvalue weighted by Gasteiger charge is -2.14. The van der Waals surface area contributed by atoms with Gasteiger partial charge in [-0.2, -0.15) is 10.2 Å². The lowest BCUT2D eigenvalue weighted by atomic mass is 9.92. The van der Waals surface area contributed by atoms with Crippen molar-refractivity contribution in [3.63, 3.8) is 0 Å². The van der Waals surface area contributed by atoms with Crippen LogP contribution in [0.25, 0.3) is 0 Å². The number of nitrogens with zero attached hydrogens (tertiary/aromatic N) is 2. The highest BCUT2D eigenvalue weighted by Gasteiger charge is 2.19. The van der Waals surface area contributed by atoms with Gasteiger partial charge in [0.05, 0.1) is 11.4 Å². The summed E-state index contributed by atoms with van der Waals surface area (Å²) in [6, 6.07) is 1.80. The molecule has 7 heteroatoms. The molecule has 0 fully saturated rings. The Morgan fingerprint density at radius 2 is 2.00 bits per heavy atom. The lowest BCUT2D eigenvalue weighted by Crippen LogP contribution is -2.14. The Morgan fingerprint density at radius 1 is 1.32 bits per heavy atom. The maximum atomic E-state index is 12.0. The van der Waals surface area contributed by atoms with E-state index in [9.17, 15) is 4.79 Å². The number of hydrogen-bond donors (Lipinski definition) is 4. The van der Waals surface area contributed by atoms with Crippen LogP contribution in [0.15, 0.2) is 6.07 Å². The van der Waals surface area contributed by atoms with Crippen LogP contribution in [0.5, 0.6) is 0 Å². The summed E-state index contributed by atoms with van der Waals surface area (Å²) in [5.74, 6) is 0.0730. The number of nitrogens with one attached hydrogen (secondary N) is 3. The summed E-state index contributed by atoms with van der Waals surface area (Å²) in [4.78, 5) is 12.0. The highest BCUT2D eigenvalue weighted by atomic mass is 16.2. The van der Waals surface area contributed by atoms with Gasteiger partial charge in [0.1, 0.15) is 0 Å². The second-order valence-corrected chi connectivity index (χ2v) is 5.48. The van der Waals surface area contributed by atoms with Crippen molar-refractivity contribution in [3.05, 3.63) is 23.1 Å². The molecule has 0 aromatic carbocycles. The zero-order valence-electron chi connectivity index (χ0n) is 11.5. The summed E-state index contributed by atoms with van der Waals surface area (Å²) >= 11 is 0. The van der Waals surface area contributed by atoms with Crippen LogP contribution in [0.3, 0.4) is 0 Å². The van der Waals surface area contributed by atoms with Gasteiger partial charge in [0, 0.05) is 17.2 Å². The largest absolute Gasteiger partial charge is 0.395 e. The van der Waals surface area contributed by atoms with Crippen molar-refractivity contribution in [2.24, 2.45) is 0 Å². The third kappa shape index (κ3) is 2.59. The van der Waals surface area contributed by atoms with E-state index in [0.717, 1.165) is 5.69 Å². The summed E-state index contributed by atoms with van der Waals surface area (Å²) in [6.45, 7) is 7.93. The molecule has 2 aromatic rings. The fourth-order valence-electron chi connectivity index (χ4n) is 1.56. The molecule has 0 aliphatic carbocycles. The molecule has 5 N–H and O–H groups in total. The molecule has 2 rings (SSSR count). The second kappa shape index (κ2) is 4.42. The van der Waals surface area contributed by atoms with Gasteiger partial charge in [-0.05, 0) is 6.92 Å². The minimum Gasteiger partial charge on any atom is -0.395 e. The number of nitrogens with two attached hydrogens (primary N) is 1. The van der Waals surface area contributed by atoms with Crippen molar-refractivity contribution in [1.82, 2.24) is 20.4 Å². The van der Waals surface area contributed by atoms with Gasteiger partial charge in [0.25, 0.3) is 5.91 Å². The summed E-state index contributed by atoms with van der Waals surface area (Å²) in [5, 5.41) is 16.1. The predicted molar refractivity (Wildman–Crippen MR) is 73.0 cm³/mol. The molecular formula is C12H18N6O. The first kappa shape index (κ1) is 13.1. The van der Waals surface area contributed by atoms with E-state index in [-0.39, 0.29) is 17.0 Å². The van der Waals surface area contributed by atoms with Crippen molar-refractivity contribution in [2.45, 2.75) is 33.1 Å². The minimum absolute atomic E-state index is 0.0576. The first-order chi connectivity index (χ1) is 8.79. The van der Waals surface area contributed by atoms with Crippen molar-refractivity contribution in [1.29, 1.82) is 0 Å². The Morgan fingerprint density at radius 3 is 2.47 bits per heavy atom. The molecule has 102 valence electrons. The number of aryl methyl sites for hydroxylation is 1. The minimum atomic E-state index is -0.381. The fraction of sp³-hybridized carbons (Fsp3) is 0.417. The molecule has 0 saturated heterocycles. The van der Waals surface area contributed by atoms with Crippen LogP contribution in [0.4, 0.5) is 11.5 Å². The van der Waals surface area contributed by atoms with Crippen LogP contribution in [0, 0.1) is 6.92 Å². The van der Waals surface area contributed by atoms with Crippen molar-refractivity contribution in [2.75, 3.05) is 11.1 Å². The number of carbonyl (C=O) groups is 1. The van der Waals surface area contributed by atoms with Crippen molar-refractivity contribution in [3.8, 4) is 0 Å². The Balaban J connectivity index is 2.16. The van der Waals surface area contributed by atoms with Gasteiger partial charge in [-0.1, -0.05) is 20.8 Å². The Labute approximate surface area is 111 Å². The third-order valence-electron chi connectivity index (χ3n) is 2.84. The van der Waals surface area contributed by atoms with E-state index >= 15 is 0 Å². The van der Waals surface area contributed by atoms with Gasteiger partial charge in [-0.3, -0.25) is 15.0 Å². The number of carbonyl (C=O) groups excluding carboxylic acids is 1. The zero-order chi connectivity index (χ0) is 14.2. The first-order valence-electron chi connectivity index (χ1n) is 5.96. The van der Waals surface area contributed by atoms with E-state index in [1.165, 1.54) is 0 Å².